The van der Waals surface area contributed by atoms with E-state index in [-0.39, 0.29) is 36.5 Å². The minimum Gasteiger partial charge on any atom is -0.351 e. The van der Waals surface area contributed by atoms with Crippen molar-refractivity contribution in [3.8, 4) is 0 Å². The highest BCUT2D eigenvalue weighted by Gasteiger charge is 2.73. The van der Waals surface area contributed by atoms with E-state index in [1.807, 2.05) is 13.0 Å². The summed E-state index contributed by atoms with van der Waals surface area (Å²) in [5.41, 5.74) is -0.909. The Morgan fingerprint density at radius 3 is 2.17 bits per heavy atom. The molecule has 5 rings (SSSR count). The van der Waals surface area contributed by atoms with Crippen LogP contribution in [0.5, 0.6) is 0 Å². The minimum absolute atomic E-state index is 0.00709. The highest BCUT2D eigenvalue weighted by molar-refractivity contribution is 5.97. The van der Waals surface area contributed by atoms with Crippen molar-refractivity contribution in [2.75, 3.05) is 0 Å². The zero-order chi connectivity index (χ0) is 30.2. The summed E-state index contributed by atoms with van der Waals surface area (Å²) < 4.78 is 86.2. The van der Waals surface area contributed by atoms with Crippen molar-refractivity contribution in [1.29, 1.82) is 0 Å². The normalized spacial score (nSPS) is 33.8. The second kappa shape index (κ2) is 9.49. The second-order valence-corrected chi connectivity index (χ2v) is 12.5. The van der Waals surface area contributed by atoms with E-state index in [0.717, 1.165) is 29.2 Å². The number of carbonyl (C=O) groups is 3. The highest BCUT2D eigenvalue weighted by Crippen LogP contribution is 2.66. The first kappa shape index (κ1) is 29.4. The first-order valence-electron chi connectivity index (χ1n) is 13.8. The Hall–Kier alpha value is -3.05. The number of hydrogen-bond donors (Lipinski definition) is 2. The van der Waals surface area contributed by atoms with Crippen LogP contribution >= 0.6 is 0 Å². The lowest BCUT2D eigenvalue weighted by molar-refractivity contribution is -0.312. The zero-order valence-corrected chi connectivity index (χ0v) is 22.7. The molecule has 1 aliphatic heterocycles. The van der Waals surface area contributed by atoms with Gasteiger partial charge in [0.05, 0.1) is 0 Å². The van der Waals surface area contributed by atoms with Gasteiger partial charge in [-0.25, -0.2) is 9.69 Å². The molecular formula is C29H33F6N3O3. The van der Waals surface area contributed by atoms with Gasteiger partial charge in [0, 0.05) is 23.5 Å². The Bertz CT molecular complexity index is 1260. The molecule has 1 aromatic rings. The second-order valence-electron chi connectivity index (χ2n) is 12.5. The number of primary amides is 1. The SMILES string of the molecule is C[C@]12CCC(=O)N(C(N)=O)C1=CC[C@@H]1[C@H]2CC[C@]2(C)C(C(=O)NC(c3ccccc3)(C(F)(F)F)C(F)(F)F)CC[C@@H]12. The number of fused-ring (bicyclic) bond motifs is 5. The van der Waals surface area contributed by atoms with Crippen molar-refractivity contribution in [3.63, 3.8) is 0 Å². The maximum absolute atomic E-state index is 14.4. The van der Waals surface area contributed by atoms with Gasteiger partial charge >= 0.3 is 18.4 Å². The fourth-order valence-electron chi connectivity index (χ4n) is 8.69. The zero-order valence-electron chi connectivity index (χ0n) is 22.7. The Morgan fingerprint density at radius 2 is 1.59 bits per heavy atom. The molecule has 2 saturated carbocycles. The van der Waals surface area contributed by atoms with Crippen LogP contribution in [0.25, 0.3) is 0 Å². The van der Waals surface area contributed by atoms with Gasteiger partial charge in [0.25, 0.3) is 5.54 Å². The summed E-state index contributed by atoms with van der Waals surface area (Å²) in [6.07, 6.45) is -7.13. The largest absolute Gasteiger partial charge is 0.424 e. The summed E-state index contributed by atoms with van der Waals surface area (Å²) in [7, 11) is 0. The predicted molar refractivity (Wildman–Crippen MR) is 135 cm³/mol. The molecule has 0 radical (unpaired) electrons. The van der Waals surface area contributed by atoms with Gasteiger partial charge in [0.1, 0.15) is 0 Å². The summed E-state index contributed by atoms with van der Waals surface area (Å²) in [5.74, 6) is -2.79. The Kier molecular flexibility index (Phi) is 6.81. The molecule has 3 aliphatic carbocycles. The molecular weight excluding hydrogens is 552 g/mol. The molecule has 1 aromatic carbocycles. The number of nitrogens with two attached hydrogens (primary N) is 1. The van der Waals surface area contributed by atoms with Gasteiger partial charge in [-0.05, 0) is 67.3 Å². The van der Waals surface area contributed by atoms with Gasteiger partial charge in [-0.1, -0.05) is 50.3 Å². The quantitative estimate of drug-likeness (QED) is 0.415. The van der Waals surface area contributed by atoms with E-state index in [2.05, 4.69) is 0 Å². The number of benzene rings is 1. The number of allylic oxidation sites excluding steroid dienone is 2. The first-order valence-corrected chi connectivity index (χ1v) is 13.8. The number of nitrogens with one attached hydrogen (secondary N) is 1. The van der Waals surface area contributed by atoms with Crippen molar-refractivity contribution in [2.24, 2.45) is 40.2 Å². The molecule has 0 spiro atoms. The number of amides is 4. The fraction of sp³-hybridized carbons (Fsp3) is 0.621. The summed E-state index contributed by atoms with van der Waals surface area (Å²) in [6, 6.07) is 4.06. The number of carbonyl (C=O) groups excluding carboxylic acids is 3. The van der Waals surface area contributed by atoms with Crippen LogP contribution in [0.15, 0.2) is 42.1 Å². The van der Waals surface area contributed by atoms with Crippen LogP contribution in [0.4, 0.5) is 31.1 Å². The molecule has 3 N–H and O–H groups in total. The highest BCUT2D eigenvalue weighted by atomic mass is 19.4. The van der Waals surface area contributed by atoms with Crippen molar-refractivity contribution >= 4 is 17.8 Å². The molecule has 6 nitrogen and oxygen atoms in total. The van der Waals surface area contributed by atoms with Crippen LogP contribution in [-0.4, -0.2) is 35.1 Å². The smallest absolute Gasteiger partial charge is 0.351 e. The van der Waals surface area contributed by atoms with Crippen LogP contribution in [0.1, 0.15) is 64.4 Å². The minimum atomic E-state index is -5.84. The molecule has 1 saturated heterocycles. The van der Waals surface area contributed by atoms with Crippen LogP contribution in [0, 0.1) is 34.5 Å². The molecule has 0 bridgehead atoms. The third-order valence-electron chi connectivity index (χ3n) is 10.7. The molecule has 4 aliphatic rings. The van der Waals surface area contributed by atoms with E-state index in [1.165, 1.54) is 11.4 Å². The molecule has 6 atom stereocenters. The van der Waals surface area contributed by atoms with Gasteiger partial charge < -0.3 is 11.1 Å². The molecule has 1 unspecified atom stereocenters. The van der Waals surface area contributed by atoms with Gasteiger partial charge in [-0.3, -0.25) is 9.59 Å². The number of hydrogen-bond acceptors (Lipinski definition) is 3. The summed E-state index contributed by atoms with van der Waals surface area (Å²) in [5, 5.41) is 1.48. The lowest BCUT2D eigenvalue weighted by atomic mass is 9.49. The summed E-state index contributed by atoms with van der Waals surface area (Å²) in [4.78, 5) is 39.2. The van der Waals surface area contributed by atoms with E-state index in [1.54, 1.807) is 6.92 Å². The lowest BCUT2D eigenvalue weighted by Gasteiger charge is -2.58. The first-order chi connectivity index (χ1) is 19.0. The molecule has 41 heavy (non-hydrogen) atoms. The summed E-state index contributed by atoms with van der Waals surface area (Å²) >= 11 is 0. The van der Waals surface area contributed by atoms with Crippen LogP contribution in [0.3, 0.4) is 0 Å². The average Bonchev–Trinajstić information content (AvgIpc) is 3.23. The molecule has 3 fully saturated rings. The predicted octanol–water partition coefficient (Wildman–Crippen LogP) is 6.18. The Labute approximate surface area is 233 Å². The molecule has 224 valence electrons. The average molecular weight is 586 g/mol. The monoisotopic (exact) mass is 585 g/mol. The maximum atomic E-state index is 14.4. The van der Waals surface area contributed by atoms with Crippen molar-refractivity contribution in [3.05, 3.63) is 47.7 Å². The van der Waals surface area contributed by atoms with E-state index >= 15 is 0 Å². The van der Waals surface area contributed by atoms with E-state index in [0.29, 0.717) is 37.8 Å². The Balaban J connectivity index is 1.47. The lowest BCUT2D eigenvalue weighted by Crippen LogP contribution is -2.66. The molecule has 4 amide bonds. The summed E-state index contributed by atoms with van der Waals surface area (Å²) in [6.45, 7) is 3.79. The number of imide groups is 1. The van der Waals surface area contributed by atoms with Crippen LogP contribution in [0.2, 0.25) is 0 Å². The van der Waals surface area contributed by atoms with E-state index in [9.17, 15) is 40.7 Å². The molecule has 0 aromatic heterocycles. The van der Waals surface area contributed by atoms with Gasteiger partial charge in [0.15, 0.2) is 0 Å². The number of likely N-dealkylation sites (tertiary alicyclic amines) is 1. The number of piperidine rings is 1. The van der Waals surface area contributed by atoms with Crippen molar-refractivity contribution in [2.45, 2.75) is 76.7 Å². The van der Waals surface area contributed by atoms with E-state index < -0.39 is 52.1 Å². The third kappa shape index (κ3) is 4.18. The van der Waals surface area contributed by atoms with Gasteiger partial charge in [0.2, 0.25) is 11.8 Å². The third-order valence-corrected chi connectivity index (χ3v) is 10.7. The standard InChI is InChI=1S/C29H33F6N3O3/c1-25-14-12-19-17(8-11-21-26(19,2)15-13-22(39)38(21)24(36)41)18(25)9-10-20(25)23(40)37-27(28(30,31)32,29(33,34)35)16-6-4-3-5-7-16/h3-7,11,17-20H,8-10,12-15H2,1-2H3,(H2,36,41)(H,37,40)/t17-,18-,19+,20?,25-,26+/m0/s1. The molecule has 1 heterocycles. The van der Waals surface area contributed by atoms with Gasteiger partial charge in [-0.2, -0.15) is 26.3 Å². The number of halogens is 6. The van der Waals surface area contributed by atoms with E-state index in [4.69, 9.17) is 5.73 Å². The number of nitrogens with zero attached hydrogens (tertiary/aromatic N) is 1. The van der Waals surface area contributed by atoms with Crippen molar-refractivity contribution in [1.82, 2.24) is 10.2 Å². The topological polar surface area (TPSA) is 92.5 Å². The van der Waals surface area contributed by atoms with Crippen LogP contribution < -0.4 is 11.1 Å². The fourth-order valence-corrected chi connectivity index (χ4v) is 8.69. The van der Waals surface area contributed by atoms with Gasteiger partial charge in [-0.15, -0.1) is 0 Å². The number of alkyl halides is 6. The van der Waals surface area contributed by atoms with Crippen molar-refractivity contribution < 1.29 is 40.7 Å². The number of urea groups is 1. The van der Waals surface area contributed by atoms with Crippen LogP contribution in [-0.2, 0) is 15.1 Å². The number of rotatable bonds is 3. The molecule has 12 heteroatoms. The Morgan fingerprint density at radius 1 is 0.951 bits per heavy atom. The maximum Gasteiger partial charge on any atom is 0.424 e.